The van der Waals surface area contributed by atoms with Gasteiger partial charge in [-0.1, -0.05) is 152 Å². The smallest absolute Gasteiger partial charge is 0.0855 e. The van der Waals surface area contributed by atoms with Gasteiger partial charge in [-0.25, -0.2) is 4.98 Å². The molecule has 0 amide bonds. The lowest BCUT2D eigenvalue weighted by Gasteiger charge is -2.14. The fraction of sp³-hybridized carbons (Fsp3) is 0.0204. The maximum absolute atomic E-state index is 5.33. The molecular weight excluding hydrogens is 617 g/mol. The minimum Gasteiger partial charge on any atom is -0.251 e. The number of aromatic nitrogens is 1. The van der Waals surface area contributed by atoms with E-state index in [1.165, 1.54) is 27.8 Å². The maximum Gasteiger partial charge on any atom is 0.0855 e. The van der Waals surface area contributed by atoms with Crippen LogP contribution in [0.4, 0.5) is 5.69 Å². The van der Waals surface area contributed by atoms with Crippen LogP contribution in [0.15, 0.2) is 205 Å². The van der Waals surface area contributed by atoms with Crippen molar-refractivity contribution in [3.05, 3.63) is 206 Å². The Morgan fingerprint density at radius 2 is 0.706 bits per heavy atom. The van der Waals surface area contributed by atoms with Gasteiger partial charge in [0.15, 0.2) is 0 Å². The van der Waals surface area contributed by atoms with Gasteiger partial charge in [0.25, 0.3) is 0 Å². The Morgan fingerprint density at radius 1 is 0.333 bits per heavy atom. The minimum absolute atomic E-state index is 0.837. The van der Waals surface area contributed by atoms with E-state index >= 15 is 0 Å². The third-order valence-corrected chi connectivity index (χ3v) is 9.19. The lowest BCUT2D eigenvalue weighted by Crippen LogP contribution is -2.01. The van der Waals surface area contributed by atoms with Crippen molar-refractivity contribution >= 4 is 11.4 Å². The third kappa shape index (κ3) is 7.22. The van der Waals surface area contributed by atoms with E-state index in [1.807, 2.05) is 6.07 Å². The summed E-state index contributed by atoms with van der Waals surface area (Å²) in [5.41, 5.74) is 16.0. The zero-order chi connectivity index (χ0) is 34.4. The van der Waals surface area contributed by atoms with Crippen molar-refractivity contribution in [2.75, 3.05) is 0 Å². The molecule has 0 radical (unpaired) electrons. The number of rotatable bonds is 8. The van der Waals surface area contributed by atoms with E-state index in [2.05, 4.69) is 201 Å². The van der Waals surface area contributed by atoms with E-state index in [4.69, 9.17) is 9.98 Å². The van der Waals surface area contributed by atoms with Gasteiger partial charge in [-0.15, -0.1) is 0 Å². The van der Waals surface area contributed by atoms with Crippen molar-refractivity contribution in [3.8, 4) is 66.9 Å². The number of benzene rings is 7. The number of nitrogens with zero attached hydrogens (tertiary/aromatic N) is 2. The molecule has 0 unspecified atom stereocenters. The first-order valence-corrected chi connectivity index (χ1v) is 17.3. The van der Waals surface area contributed by atoms with E-state index < -0.39 is 0 Å². The largest absolute Gasteiger partial charge is 0.251 e. The van der Waals surface area contributed by atoms with Crippen molar-refractivity contribution < 1.29 is 0 Å². The molecule has 7 aromatic carbocycles. The van der Waals surface area contributed by atoms with Gasteiger partial charge in [-0.3, -0.25) is 4.99 Å². The fourth-order valence-corrected chi connectivity index (χ4v) is 6.55. The van der Waals surface area contributed by atoms with Gasteiger partial charge in [-0.2, -0.15) is 0 Å². The summed E-state index contributed by atoms with van der Waals surface area (Å²) < 4.78 is 0. The van der Waals surface area contributed by atoms with Crippen molar-refractivity contribution in [2.45, 2.75) is 6.92 Å². The van der Waals surface area contributed by atoms with Crippen LogP contribution in [0.3, 0.4) is 0 Å². The van der Waals surface area contributed by atoms with E-state index in [-0.39, 0.29) is 0 Å². The van der Waals surface area contributed by atoms with E-state index in [0.29, 0.717) is 0 Å². The molecule has 8 aromatic rings. The van der Waals surface area contributed by atoms with Crippen LogP contribution < -0.4 is 0 Å². The number of pyridine rings is 1. The zero-order valence-corrected chi connectivity index (χ0v) is 28.4. The molecule has 8 rings (SSSR count). The number of aliphatic imine (C=N–C) groups is 1. The van der Waals surface area contributed by atoms with Gasteiger partial charge < -0.3 is 0 Å². The summed E-state index contributed by atoms with van der Waals surface area (Å²) in [5, 5.41) is 0. The molecule has 242 valence electrons. The summed E-state index contributed by atoms with van der Waals surface area (Å²) in [6, 6.07) is 70.4. The molecule has 0 atom stereocenters. The van der Waals surface area contributed by atoms with Crippen LogP contribution in [0.1, 0.15) is 12.6 Å². The summed E-state index contributed by atoms with van der Waals surface area (Å²) in [6.45, 7) is 2.06. The predicted octanol–water partition coefficient (Wildman–Crippen LogP) is 13.2. The highest BCUT2D eigenvalue weighted by Gasteiger charge is 2.14. The highest BCUT2D eigenvalue weighted by atomic mass is 14.8. The second-order valence-corrected chi connectivity index (χ2v) is 12.7. The molecule has 0 spiro atoms. The SMILES string of the molecule is C/C(=N\c1cccc(-c2ccccc2)c1)c1cc(-c2cccc(-c3ccccc3)c2)cc(-c2cc(-c3ccccc3)cc(-c3ccccc3)c2)n1. The van der Waals surface area contributed by atoms with Crippen molar-refractivity contribution in [3.63, 3.8) is 0 Å². The highest BCUT2D eigenvalue weighted by Crippen LogP contribution is 2.35. The Kier molecular flexibility index (Phi) is 8.96. The summed E-state index contributed by atoms with van der Waals surface area (Å²) >= 11 is 0. The summed E-state index contributed by atoms with van der Waals surface area (Å²) in [7, 11) is 0. The standard InChI is InChI=1S/C49H36N2/c1-35(50-47-27-15-26-42(32-47)37-18-8-3-9-19-37)48-33-45(41-25-14-24-40(28-41)36-16-6-2-7-17-36)34-49(51-48)46-30-43(38-20-10-4-11-21-38)29-44(31-46)39-22-12-5-13-23-39/h2-34H,1H3/b50-35+. The molecule has 0 bridgehead atoms. The van der Waals surface area contributed by atoms with Crippen molar-refractivity contribution in [1.29, 1.82) is 0 Å². The molecule has 1 heterocycles. The molecule has 0 aliphatic carbocycles. The van der Waals surface area contributed by atoms with Gasteiger partial charge in [0.1, 0.15) is 0 Å². The van der Waals surface area contributed by atoms with Crippen LogP contribution >= 0.6 is 0 Å². The van der Waals surface area contributed by atoms with Crippen LogP contribution in [-0.2, 0) is 0 Å². The van der Waals surface area contributed by atoms with Gasteiger partial charge in [0.2, 0.25) is 0 Å². The molecule has 51 heavy (non-hydrogen) atoms. The quantitative estimate of drug-likeness (QED) is 0.150. The normalized spacial score (nSPS) is 11.4. The lowest BCUT2D eigenvalue weighted by molar-refractivity contribution is 1.28. The van der Waals surface area contributed by atoms with Crippen LogP contribution in [0.2, 0.25) is 0 Å². The van der Waals surface area contributed by atoms with Gasteiger partial charge in [0.05, 0.1) is 22.8 Å². The predicted molar refractivity (Wildman–Crippen MR) is 215 cm³/mol. The Morgan fingerprint density at radius 3 is 1.24 bits per heavy atom. The Bertz CT molecular complexity index is 2390. The Hall–Kier alpha value is -6.64. The minimum atomic E-state index is 0.837. The van der Waals surface area contributed by atoms with Crippen LogP contribution in [-0.4, -0.2) is 10.7 Å². The molecule has 0 saturated heterocycles. The average molecular weight is 653 g/mol. The first kappa shape index (κ1) is 31.6. The average Bonchev–Trinajstić information content (AvgIpc) is 3.22. The van der Waals surface area contributed by atoms with Gasteiger partial charge in [0, 0.05) is 5.56 Å². The lowest BCUT2D eigenvalue weighted by atomic mass is 9.93. The second-order valence-electron chi connectivity index (χ2n) is 12.7. The Balaban J connectivity index is 1.29. The first-order valence-electron chi connectivity index (χ1n) is 17.3. The van der Waals surface area contributed by atoms with Gasteiger partial charge in [-0.05, 0) is 111 Å². The number of hydrogen-bond donors (Lipinski definition) is 0. The highest BCUT2D eigenvalue weighted by molar-refractivity contribution is 6.00. The molecule has 0 fully saturated rings. The van der Waals surface area contributed by atoms with Crippen molar-refractivity contribution in [1.82, 2.24) is 4.98 Å². The maximum atomic E-state index is 5.33. The molecule has 0 saturated carbocycles. The molecule has 2 nitrogen and oxygen atoms in total. The zero-order valence-electron chi connectivity index (χ0n) is 28.4. The van der Waals surface area contributed by atoms with Crippen LogP contribution in [0.25, 0.3) is 66.9 Å². The van der Waals surface area contributed by atoms with Crippen LogP contribution in [0.5, 0.6) is 0 Å². The molecule has 0 aliphatic rings. The molecular formula is C49H36N2. The van der Waals surface area contributed by atoms with Gasteiger partial charge >= 0.3 is 0 Å². The topological polar surface area (TPSA) is 25.2 Å². The molecule has 2 heteroatoms. The molecule has 0 N–H and O–H groups in total. The second kappa shape index (κ2) is 14.5. The van der Waals surface area contributed by atoms with E-state index in [9.17, 15) is 0 Å². The van der Waals surface area contributed by atoms with Crippen molar-refractivity contribution in [2.24, 2.45) is 4.99 Å². The molecule has 1 aromatic heterocycles. The summed E-state index contributed by atoms with van der Waals surface area (Å²) in [4.78, 5) is 10.5. The fourth-order valence-electron chi connectivity index (χ4n) is 6.55. The van der Waals surface area contributed by atoms with E-state index in [0.717, 1.165) is 56.2 Å². The first-order chi connectivity index (χ1) is 25.2. The summed E-state index contributed by atoms with van der Waals surface area (Å²) in [5.74, 6) is 0. The summed E-state index contributed by atoms with van der Waals surface area (Å²) in [6.07, 6.45) is 0. The van der Waals surface area contributed by atoms with Crippen LogP contribution in [0, 0.1) is 0 Å². The monoisotopic (exact) mass is 652 g/mol. The molecule has 0 aliphatic heterocycles. The Labute approximate surface area is 300 Å². The third-order valence-electron chi connectivity index (χ3n) is 9.19. The van der Waals surface area contributed by atoms with E-state index in [1.54, 1.807) is 0 Å². The number of hydrogen-bond acceptors (Lipinski definition) is 2.